The van der Waals surface area contributed by atoms with Gasteiger partial charge in [0.05, 0.1) is 12.5 Å². The normalized spacial score (nSPS) is 16.8. The SMILES string of the molecule is CC(C)NC(=O)CNC(=O)C1CCCN(C(=O)c2cccc3ccccc23)C1. The zero-order valence-electron chi connectivity index (χ0n) is 16.4. The largest absolute Gasteiger partial charge is 0.352 e. The Hall–Kier alpha value is -2.89. The smallest absolute Gasteiger partial charge is 0.254 e. The Morgan fingerprint density at radius 3 is 2.64 bits per heavy atom. The number of carbonyl (C=O) groups excluding carboxylic acids is 3. The zero-order chi connectivity index (χ0) is 20.1. The van der Waals surface area contributed by atoms with Gasteiger partial charge in [-0.15, -0.1) is 0 Å². The molecule has 3 rings (SSSR count). The fourth-order valence-corrected chi connectivity index (χ4v) is 3.64. The van der Waals surface area contributed by atoms with Crippen LogP contribution in [0.2, 0.25) is 0 Å². The molecule has 2 aromatic carbocycles. The van der Waals surface area contributed by atoms with E-state index in [1.54, 1.807) is 4.90 Å². The highest BCUT2D eigenvalue weighted by Crippen LogP contribution is 2.23. The number of piperidine rings is 1. The predicted octanol–water partition coefficient (Wildman–Crippen LogP) is 2.33. The molecule has 0 aromatic heterocycles. The van der Waals surface area contributed by atoms with Gasteiger partial charge in [-0.2, -0.15) is 0 Å². The van der Waals surface area contributed by atoms with Crippen molar-refractivity contribution in [2.45, 2.75) is 32.7 Å². The summed E-state index contributed by atoms with van der Waals surface area (Å²) in [4.78, 5) is 39.1. The van der Waals surface area contributed by atoms with Crippen LogP contribution in [0.25, 0.3) is 10.8 Å². The van der Waals surface area contributed by atoms with Gasteiger partial charge >= 0.3 is 0 Å². The third-order valence-corrected chi connectivity index (χ3v) is 4.97. The van der Waals surface area contributed by atoms with Crippen molar-refractivity contribution < 1.29 is 14.4 Å². The monoisotopic (exact) mass is 381 g/mol. The van der Waals surface area contributed by atoms with Gasteiger partial charge in [0, 0.05) is 24.7 Å². The van der Waals surface area contributed by atoms with Crippen molar-refractivity contribution in [3.63, 3.8) is 0 Å². The number of likely N-dealkylation sites (tertiary alicyclic amines) is 1. The summed E-state index contributed by atoms with van der Waals surface area (Å²) in [7, 11) is 0. The Labute approximate surface area is 165 Å². The summed E-state index contributed by atoms with van der Waals surface area (Å²) in [5, 5.41) is 7.39. The Morgan fingerprint density at radius 2 is 1.86 bits per heavy atom. The maximum atomic E-state index is 13.1. The molecule has 2 aromatic rings. The highest BCUT2D eigenvalue weighted by atomic mass is 16.2. The van der Waals surface area contributed by atoms with Gasteiger partial charge in [-0.25, -0.2) is 0 Å². The summed E-state index contributed by atoms with van der Waals surface area (Å²) in [6, 6.07) is 13.6. The number of fused-ring (bicyclic) bond motifs is 1. The second-order valence-electron chi connectivity index (χ2n) is 7.56. The number of rotatable bonds is 5. The lowest BCUT2D eigenvalue weighted by Gasteiger charge is -2.32. The highest BCUT2D eigenvalue weighted by molar-refractivity contribution is 6.07. The van der Waals surface area contributed by atoms with Gasteiger partial charge in [-0.1, -0.05) is 36.4 Å². The van der Waals surface area contributed by atoms with Gasteiger partial charge < -0.3 is 15.5 Å². The molecule has 3 amide bonds. The molecule has 0 radical (unpaired) electrons. The molecule has 0 saturated carbocycles. The first-order valence-corrected chi connectivity index (χ1v) is 9.80. The third kappa shape index (κ3) is 4.68. The number of hydrogen-bond donors (Lipinski definition) is 2. The van der Waals surface area contributed by atoms with Crippen molar-refractivity contribution in [3.05, 3.63) is 48.0 Å². The number of benzene rings is 2. The van der Waals surface area contributed by atoms with E-state index in [4.69, 9.17) is 0 Å². The second-order valence-corrected chi connectivity index (χ2v) is 7.56. The average molecular weight is 381 g/mol. The summed E-state index contributed by atoms with van der Waals surface area (Å²) in [5.41, 5.74) is 0.662. The fraction of sp³-hybridized carbons (Fsp3) is 0.409. The minimum atomic E-state index is -0.292. The van der Waals surface area contributed by atoms with E-state index in [2.05, 4.69) is 10.6 Å². The summed E-state index contributed by atoms with van der Waals surface area (Å²) in [5.74, 6) is -0.719. The van der Waals surface area contributed by atoms with E-state index in [-0.39, 0.29) is 36.2 Å². The van der Waals surface area contributed by atoms with Crippen LogP contribution in [0.1, 0.15) is 37.0 Å². The lowest BCUT2D eigenvalue weighted by molar-refractivity contribution is -0.129. The Morgan fingerprint density at radius 1 is 1.11 bits per heavy atom. The van der Waals surface area contributed by atoms with Crippen molar-refractivity contribution >= 4 is 28.5 Å². The number of carbonyl (C=O) groups is 3. The number of nitrogens with one attached hydrogen (secondary N) is 2. The molecule has 2 N–H and O–H groups in total. The molecule has 6 nitrogen and oxygen atoms in total. The van der Waals surface area contributed by atoms with Crippen molar-refractivity contribution in [1.29, 1.82) is 0 Å². The molecule has 0 aliphatic carbocycles. The molecule has 1 saturated heterocycles. The van der Waals surface area contributed by atoms with E-state index in [0.717, 1.165) is 23.6 Å². The first kappa shape index (κ1) is 19.9. The third-order valence-electron chi connectivity index (χ3n) is 4.97. The number of amides is 3. The van der Waals surface area contributed by atoms with Crippen LogP contribution < -0.4 is 10.6 Å². The molecule has 1 heterocycles. The molecule has 1 unspecified atom stereocenters. The van der Waals surface area contributed by atoms with Crippen LogP contribution in [-0.2, 0) is 9.59 Å². The molecular weight excluding hydrogens is 354 g/mol. The fourth-order valence-electron chi connectivity index (χ4n) is 3.64. The van der Waals surface area contributed by atoms with E-state index in [1.165, 1.54) is 0 Å². The van der Waals surface area contributed by atoms with Crippen LogP contribution in [0, 0.1) is 5.92 Å². The molecule has 1 aliphatic rings. The van der Waals surface area contributed by atoms with Gasteiger partial charge in [-0.3, -0.25) is 14.4 Å². The van der Waals surface area contributed by atoms with Gasteiger partial charge in [0.1, 0.15) is 0 Å². The highest BCUT2D eigenvalue weighted by Gasteiger charge is 2.29. The molecule has 1 atom stereocenters. The van der Waals surface area contributed by atoms with Crippen LogP contribution in [0.15, 0.2) is 42.5 Å². The summed E-state index contributed by atoms with van der Waals surface area (Å²) < 4.78 is 0. The van der Waals surface area contributed by atoms with Crippen molar-refractivity contribution in [2.24, 2.45) is 5.92 Å². The van der Waals surface area contributed by atoms with E-state index in [9.17, 15) is 14.4 Å². The molecule has 148 valence electrons. The first-order chi connectivity index (χ1) is 13.5. The summed E-state index contributed by atoms with van der Waals surface area (Å²) >= 11 is 0. The van der Waals surface area contributed by atoms with Gasteiger partial charge in [0.15, 0.2) is 0 Å². The quantitative estimate of drug-likeness (QED) is 0.834. The van der Waals surface area contributed by atoms with Crippen molar-refractivity contribution in [3.8, 4) is 0 Å². The Balaban J connectivity index is 1.65. The lowest BCUT2D eigenvalue weighted by atomic mass is 9.95. The predicted molar refractivity (Wildman–Crippen MR) is 109 cm³/mol. The van der Waals surface area contributed by atoms with E-state index in [1.807, 2.05) is 56.3 Å². The topological polar surface area (TPSA) is 78.5 Å². The maximum absolute atomic E-state index is 13.1. The number of nitrogens with zero attached hydrogens (tertiary/aromatic N) is 1. The van der Waals surface area contributed by atoms with E-state index in [0.29, 0.717) is 18.7 Å². The van der Waals surface area contributed by atoms with E-state index < -0.39 is 0 Å². The maximum Gasteiger partial charge on any atom is 0.254 e. The minimum Gasteiger partial charge on any atom is -0.352 e. The Kier molecular flexibility index (Phi) is 6.29. The molecule has 0 spiro atoms. The van der Waals surface area contributed by atoms with Crippen LogP contribution in [0.3, 0.4) is 0 Å². The molecule has 1 fully saturated rings. The summed E-state index contributed by atoms with van der Waals surface area (Å²) in [6.07, 6.45) is 1.49. The van der Waals surface area contributed by atoms with Crippen molar-refractivity contribution in [2.75, 3.05) is 19.6 Å². The van der Waals surface area contributed by atoms with Crippen LogP contribution >= 0.6 is 0 Å². The minimum absolute atomic E-state index is 0.0351. The van der Waals surface area contributed by atoms with Gasteiger partial charge in [0.25, 0.3) is 5.91 Å². The van der Waals surface area contributed by atoms with Crippen molar-refractivity contribution in [1.82, 2.24) is 15.5 Å². The molecule has 1 aliphatic heterocycles. The standard InChI is InChI=1S/C22H27N3O3/c1-15(2)24-20(26)13-23-21(27)17-9-6-12-25(14-17)22(28)19-11-5-8-16-7-3-4-10-18(16)19/h3-5,7-8,10-11,15,17H,6,9,12-14H2,1-2H3,(H,23,27)(H,24,26). The van der Waals surface area contributed by atoms with Gasteiger partial charge in [0.2, 0.25) is 11.8 Å². The van der Waals surface area contributed by atoms with Gasteiger partial charge in [-0.05, 0) is 43.5 Å². The number of hydrogen-bond acceptors (Lipinski definition) is 3. The second kappa shape index (κ2) is 8.87. The summed E-state index contributed by atoms with van der Waals surface area (Å²) in [6.45, 7) is 4.72. The van der Waals surface area contributed by atoms with E-state index >= 15 is 0 Å². The lowest BCUT2D eigenvalue weighted by Crippen LogP contribution is -2.47. The Bertz CT molecular complexity index is 873. The molecule has 6 heteroatoms. The zero-order valence-corrected chi connectivity index (χ0v) is 16.4. The molecular formula is C22H27N3O3. The molecule has 28 heavy (non-hydrogen) atoms. The first-order valence-electron chi connectivity index (χ1n) is 9.80. The molecule has 0 bridgehead atoms. The van der Waals surface area contributed by atoms with Crippen LogP contribution in [0.5, 0.6) is 0 Å². The van der Waals surface area contributed by atoms with Crippen LogP contribution in [0.4, 0.5) is 0 Å². The van der Waals surface area contributed by atoms with Crippen LogP contribution in [-0.4, -0.2) is 48.3 Å². The average Bonchev–Trinajstić information content (AvgIpc) is 2.70.